The molecule has 1 N–H and O–H groups in total. The van der Waals surface area contributed by atoms with E-state index in [1.165, 1.54) is 0 Å². The topological polar surface area (TPSA) is 51.2 Å². The van der Waals surface area contributed by atoms with Crippen molar-refractivity contribution in [3.63, 3.8) is 0 Å². The van der Waals surface area contributed by atoms with Gasteiger partial charge in [0, 0.05) is 28.1 Å². The number of rotatable bonds is 5. The molecule has 0 bridgehead atoms. The van der Waals surface area contributed by atoms with Crippen LogP contribution >= 0.6 is 11.6 Å². The van der Waals surface area contributed by atoms with Crippen molar-refractivity contribution < 1.29 is 9.53 Å². The van der Waals surface area contributed by atoms with Crippen molar-refractivity contribution in [3.05, 3.63) is 93.8 Å². The van der Waals surface area contributed by atoms with E-state index in [2.05, 4.69) is 23.3 Å². The highest BCUT2D eigenvalue weighted by atomic mass is 35.5. The van der Waals surface area contributed by atoms with Crippen LogP contribution in [0.25, 0.3) is 5.76 Å². The average molecular weight is 419 g/mol. The van der Waals surface area contributed by atoms with E-state index in [0.29, 0.717) is 10.9 Å². The van der Waals surface area contributed by atoms with E-state index in [-0.39, 0.29) is 6.04 Å². The molecule has 4 nitrogen and oxygen atoms in total. The zero-order valence-corrected chi connectivity index (χ0v) is 17.9. The lowest BCUT2D eigenvalue weighted by molar-refractivity contribution is -0.108. The summed E-state index contributed by atoms with van der Waals surface area (Å²) in [6, 6.07) is 17.8. The molecule has 0 spiro atoms. The lowest BCUT2D eigenvalue weighted by atomic mass is 9.89. The van der Waals surface area contributed by atoms with Gasteiger partial charge in [0.25, 0.3) is 0 Å². The van der Waals surface area contributed by atoms with E-state index in [1.807, 2.05) is 62.4 Å². The Bertz CT molecular complexity index is 1110. The van der Waals surface area contributed by atoms with Crippen LogP contribution in [-0.2, 0) is 4.79 Å². The number of hydrogen-bond acceptors (Lipinski definition) is 4. The zero-order valence-electron chi connectivity index (χ0n) is 17.1. The molecule has 0 saturated carbocycles. The smallest absolute Gasteiger partial charge is 0.136 e. The number of benzene rings is 2. The van der Waals surface area contributed by atoms with Crippen LogP contribution < -0.4 is 10.1 Å². The predicted molar refractivity (Wildman–Crippen MR) is 121 cm³/mol. The third kappa shape index (κ3) is 4.10. The predicted octanol–water partition coefficient (Wildman–Crippen LogP) is 6.24. The molecular formula is C25H23ClN2O2. The fraction of sp³-hybridized carbons (Fsp3) is 0.200. The van der Waals surface area contributed by atoms with Crippen molar-refractivity contribution >= 4 is 29.3 Å². The summed E-state index contributed by atoms with van der Waals surface area (Å²) < 4.78 is 6.38. The van der Waals surface area contributed by atoms with Gasteiger partial charge in [-0.1, -0.05) is 47.5 Å². The number of halogens is 1. The number of carbonyl (C=O) groups excluding carboxylic acids is 1. The fourth-order valence-corrected chi connectivity index (χ4v) is 4.06. The molecule has 1 aromatic heterocycles. The summed E-state index contributed by atoms with van der Waals surface area (Å²) >= 11 is 6.16. The van der Waals surface area contributed by atoms with Gasteiger partial charge in [-0.3, -0.25) is 0 Å². The number of fused-ring (bicyclic) bond motifs is 1. The number of anilines is 1. The second kappa shape index (κ2) is 8.33. The average Bonchev–Trinajstić information content (AvgIpc) is 2.72. The van der Waals surface area contributed by atoms with Crippen molar-refractivity contribution in [2.24, 2.45) is 0 Å². The van der Waals surface area contributed by atoms with E-state index in [1.54, 1.807) is 6.07 Å². The van der Waals surface area contributed by atoms with Crippen LogP contribution in [0.2, 0.25) is 5.15 Å². The first-order chi connectivity index (χ1) is 14.4. The van der Waals surface area contributed by atoms with Gasteiger partial charge in [-0.2, -0.15) is 0 Å². The van der Waals surface area contributed by atoms with Gasteiger partial charge in [-0.05, 0) is 51.1 Å². The Morgan fingerprint density at radius 3 is 2.60 bits per heavy atom. The van der Waals surface area contributed by atoms with Crippen molar-refractivity contribution in [1.82, 2.24) is 4.98 Å². The monoisotopic (exact) mass is 418 g/mol. The van der Waals surface area contributed by atoms with Crippen molar-refractivity contribution in [1.29, 1.82) is 0 Å². The molecule has 152 valence electrons. The highest BCUT2D eigenvalue weighted by molar-refractivity contribution is 6.29. The number of carbonyl (C=O) groups is 1. The SMILES string of the molecule is Cc1cc2c(c(C(C)Nc3ccccc3)c1)OC(c1cc(C)nc(Cl)c1)=CC2C=O. The van der Waals surface area contributed by atoms with Gasteiger partial charge in [0.2, 0.25) is 0 Å². The first-order valence-electron chi connectivity index (χ1n) is 9.90. The molecule has 1 aliphatic rings. The highest BCUT2D eigenvalue weighted by Crippen LogP contribution is 2.42. The quantitative estimate of drug-likeness (QED) is 0.393. The molecule has 2 heterocycles. The highest BCUT2D eigenvalue weighted by Gasteiger charge is 2.27. The van der Waals surface area contributed by atoms with E-state index >= 15 is 0 Å². The van der Waals surface area contributed by atoms with E-state index < -0.39 is 5.92 Å². The normalized spacial score (nSPS) is 16.1. The number of ether oxygens (including phenoxy) is 1. The third-order valence-corrected chi connectivity index (χ3v) is 5.36. The van der Waals surface area contributed by atoms with Crippen LogP contribution in [0.4, 0.5) is 5.69 Å². The van der Waals surface area contributed by atoms with Crippen LogP contribution in [0.5, 0.6) is 5.75 Å². The summed E-state index contributed by atoms with van der Waals surface area (Å²) in [6.07, 6.45) is 2.80. The Hall–Kier alpha value is -3.11. The minimum absolute atomic E-state index is 0.0181. The molecule has 0 aliphatic carbocycles. The maximum atomic E-state index is 12.0. The molecule has 0 fully saturated rings. The molecule has 5 heteroatoms. The summed E-state index contributed by atoms with van der Waals surface area (Å²) in [4.78, 5) is 16.2. The van der Waals surface area contributed by atoms with Crippen molar-refractivity contribution in [2.75, 3.05) is 5.32 Å². The second-order valence-corrected chi connectivity index (χ2v) is 8.01. The first-order valence-corrected chi connectivity index (χ1v) is 10.3. The summed E-state index contributed by atoms with van der Waals surface area (Å²) in [5.74, 6) is 0.944. The lowest BCUT2D eigenvalue weighted by Gasteiger charge is -2.28. The summed E-state index contributed by atoms with van der Waals surface area (Å²) in [6.45, 7) is 6.00. The van der Waals surface area contributed by atoms with Crippen molar-refractivity contribution in [2.45, 2.75) is 32.7 Å². The molecule has 2 aromatic carbocycles. The van der Waals surface area contributed by atoms with Gasteiger partial charge >= 0.3 is 0 Å². The molecule has 30 heavy (non-hydrogen) atoms. The zero-order chi connectivity index (χ0) is 21.3. The Morgan fingerprint density at radius 2 is 1.90 bits per heavy atom. The first kappa shape index (κ1) is 20.2. The Labute approximate surface area is 181 Å². The summed E-state index contributed by atoms with van der Waals surface area (Å²) in [7, 11) is 0. The second-order valence-electron chi connectivity index (χ2n) is 7.62. The van der Waals surface area contributed by atoms with Gasteiger partial charge in [0.1, 0.15) is 22.9 Å². The number of nitrogens with zero attached hydrogens (tertiary/aromatic N) is 1. The molecule has 1 aliphatic heterocycles. The lowest BCUT2D eigenvalue weighted by Crippen LogP contribution is -2.16. The maximum absolute atomic E-state index is 12.0. The van der Waals surface area contributed by atoms with Crippen LogP contribution in [0.1, 0.15) is 46.8 Å². The summed E-state index contributed by atoms with van der Waals surface area (Å²) in [5.41, 5.74) is 5.58. The fourth-order valence-electron chi connectivity index (χ4n) is 3.81. The van der Waals surface area contributed by atoms with Gasteiger partial charge in [-0.15, -0.1) is 0 Å². The van der Waals surface area contributed by atoms with Gasteiger partial charge < -0.3 is 14.8 Å². The van der Waals surface area contributed by atoms with Crippen LogP contribution in [0.3, 0.4) is 0 Å². The Morgan fingerprint density at radius 1 is 1.13 bits per heavy atom. The molecule has 0 amide bonds. The molecule has 4 rings (SSSR count). The minimum Gasteiger partial charge on any atom is -0.456 e. The van der Waals surface area contributed by atoms with Gasteiger partial charge in [-0.25, -0.2) is 4.98 Å². The van der Waals surface area contributed by atoms with Crippen LogP contribution in [0, 0.1) is 13.8 Å². The number of aldehydes is 1. The molecular weight excluding hydrogens is 396 g/mol. The third-order valence-electron chi connectivity index (χ3n) is 5.17. The molecule has 0 saturated heterocycles. The van der Waals surface area contributed by atoms with Crippen molar-refractivity contribution in [3.8, 4) is 5.75 Å². The van der Waals surface area contributed by atoms with E-state index in [9.17, 15) is 4.79 Å². The van der Waals surface area contributed by atoms with E-state index in [0.717, 1.165) is 45.7 Å². The number of aryl methyl sites for hydroxylation is 2. The maximum Gasteiger partial charge on any atom is 0.136 e. The Kier molecular flexibility index (Phi) is 5.60. The minimum atomic E-state index is -0.390. The van der Waals surface area contributed by atoms with Crippen LogP contribution in [0.15, 0.2) is 60.7 Å². The standard InChI is InChI=1S/C25H23ClN2O2/c1-15-9-21(17(3)28-20-7-5-4-6-8-20)25-22(10-15)19(14-29)12-23(30-25)18-11-16(2)27-24(26)13-18/h4-14,17,19,28H,1-3H3. The number of para-hydroxylation sites is 1. The van der Waals surface area contributed by atoms with Gasteiger partial charge in [0.15, 0.2) is 0 Å². The molecule has 2 unspecified atom stereocenters. The Balaban J connectivity index is 1.77. The number of nitrogens with one attached hydrogen (secondary N) is 1. The molecule has 0 radical (unpaired) electrons. The van der Waals surface area contributed by atoms with Gasteiger partial charge in [0.05, 0.1) is 12.0 Å². The number of aromatic nitrogens is 1. The van der Waals surface area contributed by atoms with Crippen LogP contribution in [-0.4, -0.2) is 11.3 Å². The largest absolute Gasteiger partial charge is 0.456 e. The summed E-state index contributed by atoms with van der Waals surface area (Å²) in [5, 5.41) is 3.92. The van der Waals surface area contributed by atoms with E-state index in [4.69, 9.17) is 16.3 Å². The number of allylic oxidation sites excluding steroid dienone is 1. The number of pyridine rings is 1. The number of hydrogen-bond donors (Lipinski definition) is 1. The molecule has 3 aromatic rings. The molecule has 2 atom stereocenters.